The molecule has 0 saturated heterocycles. The van der Waals surface area contributed by atoms with E-state index in [1.807, 2.05) is 6.26 Å². The fourth-order valence-corrected chi connectivity index (χ4v) is 2.84. The van der Waals surface area contributed by atoms with Crippen LogP contribution in [0.2, 0.25) is 0 Å². The minimum Gasteiger partial charge on any atom is -0.383 e. The van der Waals surface area contributed by atoms with Gasteiger partial charge in [0, 0.05) is 21.5 Å². The van der Waals surface area contributed by atoms with Crippen LogP contribution in [0.4, 0.5) is 18.9 Å². The second-order valence-electron chi connectivity index (χ2n) is 4.43. The molecule has 1 saturated carbocycles. The minimum atomic E-state index is -4.33. The zero-order valence-electron chi connectivity index (χ0n) is 9.77. The first-order valence-corrected chi connectivity index (χ1v) is 7.54. The van der Waals surface area contributed by atoms with Crippen molar-refractivity contribution in [3.8, 4) is 0 Å². The molecule has 0 aromatic heterocycles. The summed E-state index contributed by atoms with van der Waals surface area (Å²) in [7, 11) is 0. The van der Waals surface area contributed by atoms with E-state index in [1.54, 1.807) is 17.8 Å². The number of anilines is 1. The predicted octanol–water partition coefficient (Wildman–Crippen LogP) is 4.78. The Kier molecular flexibility index (Phi) is 3.88. The smallest absolute Gasteiger partial charge is 0.383 e. The van der Waals surface area contributed by atoms with Crippen molar-refractivity contribution < 1.29 is 13.2 Å². The molecule has 100 valence electrons. The summed E-state index contributed by atoms with van der Waals surface area (Å²) in [6.07, 6.45) is -0.193. The highest BCUT2D eigenvalue weighted by molar-refractivity contribution is 9.10. The Bertz CT molecular complexity index is 443. The molecule has 1 fully saturated rings. The zero-order valence-corrected chi connectivity index (χ0v) is 12.2. The fourth-order valence-electron chi connectivity index (χ4n) is 1.75. The van der Waals surface area contributed by atoms with Crippen LogP contribution in [0.3, 0.4) is 0 Å². The van der Waals surface area contributed by atoms with Gasteiger partial charge in [0.2, 0.25) is 0 Å². The van der Waals surface area contributed by atoms with Gasteiger partial charge in [-0.1, -0.05) is 15.9 Å². The zero-order chi connectivity index (χ0) is 13.4. The Morgan fingerprint density at radius 3 is 2.56 bits per heavy atom. The van der Waals surface area contributed by atoms with E-state index in [4.69, 9.17) is 0 Å². The van der Waals surface area contributed by atoms with Crippen LogP contribution in [-0.4, -0.2) is 17.5 Å². The van der Waals surface area contributed by atoms with E-state index < -0.39 is 11.7 Å². The Labute approximate surface area is 117 Å². The van der Waals surface area contributed by atoms with Crippen LogP contribution >= 0.6 is 27.7 Å². The topological polar surface area (TPSA) is 12.0 Å². The third-order valence-corrected chi connectivity index (χ3v) is 5.04. The normalized spacial score (nSPS) is 17.6. The maximum absolute atomic E-state index is 12.9. The van der Waals surface area contributed by atoms with E-state index in [2.05, 4.69) is 21.2 Å². The molecule has 2 rings (SSSR count). The van der Waals surface area contributed by atoms with E-state index in [-0.39, 0.29) is 10.4 Å². The Balaban J connectivity index is 2.17. The maximum Gasteiger partial charge on any atom is 0.418 e. The first-order chi connectivity index (χ1) is 8.36. The summed E-state index contributed by atoms with van der Waals surface area (Å²) in [6, 6.07) is 4.21. The van der Waals surface area contributed by atoms with Crippen LogP contribution in [0.15, 0.2) is 22.7 Å². The SMILES string of the molecule is CSC1(CNc2ccc(Br)cc2C(F)(F)F)CC1. The van der Waals surface area contributed by atoms with Crippen LogP contribution in [0.5, 0.6) is 0 Å². The monoisotopic (exact) mass is 339 g/mol. The summed E-state index contributed by atoms with van der Waals surface area (Å²) in [5.41, 5.74) is -0.459. The molecule has 0 spiro atoms. The van der Waals surface area contributed by atoms with Crippen molar-refractivity contribution in [2.45, 2.75) is 23.8 Å². The van der Waals surface area contributed by atoms with Crippen molar-refractivity contribution >= 4 is 33.4 Å². The van der Waals surface area contributed by atoms with Gasteiger partial charge in [-0.25, -0.2) is 0 Å². The molecule has 0 unspecified atom stereocenters. The molecule has 1 aliphatic carbocycles. The van der Waals surface area contributed by atoms with Crippen molar-refractivity contribution in [2.24, 2.45) is 0 Å². The second-order valence-corrected chi connectivity index (χ2v) is 6.62. The summed E-state index contributed by atoms with van der Waals surface area (Å²) in [5.74, 6) is 0. The summed E-state index contributed by atoms with van der Waals surface area (Å²) >= 11 is 4.79. The van der Waals surface area contributed by atoms with E-state index in [1.165, 1.54) is 6.07 Å². The molecule has 0 radical (unpaired) electrons. The first kappa shape index (κ1) is 14.1. The summed E-state index contributed by atoms with van der Waals surface area (Å²) in [6.45, 7) is 0.582. The summed E-state index contributed by atoms with van der Waals surface area (Å²) in [4.78, 5) is 0. The van der Waals surface area contributed by atoms with Crippen molar-refractivity contribution in [1.29, 1.82) is 0 Å². The highest BCUT2D eigenvalue weighted by Crippen LogP contribution is 2.47. The Morgan fingerprint density at radius 1 is 1.39 bits per heavy atom. The molecule has 1 nitrogen and oxygen atoms in total. The van der Waals surface area contributed by atoms with Crippen LogP contribution in [0.25, 0.3) is 0 Å². The van der Waals surface area contributed by atoms with Gasteiger partial charge in [-0.3, -0.25) is 0 Å². The maximum atomic E-state index is 12.9. The Hall–Kier alpha value is -0.360. The van der Waals surface area contributed by atoms with Gasteiger partial charge in [-0.15, -0.1) is 0 Å². The number of alkyl halides is 3. The molecule has 18 heavy (non-hydrogen) atoms. The third-order valence-electron chi connectivity index (χ3n) is 3.13. The summed E-state index contributed by atoms with van der Waals surface area (Å²) in [5, 5.41) is 2.94. The van der Waals surface area contributed by atoms with Crippen molar-refractivity contribution in [3.63, 3.8) is 0 Å². The van der Waals surface area contributed by atoms with Crippen LogP contribution in [0, 0.1) is 0 Å². The number of halogens is 4. The quantitative estimate of drug-likeness (QED) is 0.847. The molecule has 1 aliphatic rings. The van der Waals surface area contributed by atoms with Gasteiger partial charge in [0.15, 0.2) is 0 Å². The van der Waals surface area contributed by atoms with Crippen molar-refractivity contribution in [2.75, 3.05) is 18.1 Å². The van der Waals surface area contributed by atoms with E-state index in [0.29, 0.717) is 11.0 Å². The molecular formula is C12H13BrF3NS. The molecule has 0 heterocycles. The number of nitrogens with one attached hydrogen (secondary N) is 1. The van der Waals surface area contributed by atoms with E-state index in [0.717, 1.165) is 18.9 Å². The van der Waals surface area contributed by atoms with Crippen LogP contribution in [-0.2, 0) is 6.18 Å². The van der Waals surface area contributed by atoms with Gasteiger partial charge in [0.1, 0.15) is 0 Å². The molecule has 0 bridgehead atoms. The van der Waals surface area contributed by atoms with Gasteiger partial charge in [0.25, 0.3) is 0 Å². The Morgan fingerprint density at radius 2 is 2.06 bits per heavy atom. The number of hydrogen-bond donors (Lipinski definition) is 1. The molecular weight excluding hydrogens is 327 g/mol. The van der Waals surface area contributed by atoms with Gasteiger partial charge >= 0.3 is 6.18 Å². The van der Waals surface area contributed by atoms with Crippen molar-refractivity contribution in [1.82, 2.24) is 0 Å². The largest absolute Gasteiger partial charge is 0.418 e. The molecule has 0 aliphatic heterocycles. The second kappa shape index (κ2) is 4.96. The predicted molar refractivity (Wildman–Crippen MR) is 73.1 cm³/mol. The van der Waals surface area contributed by atoms with Gasteiger partial charge in [0.05, 0.1) is 5.56 Å². The third kappa shape index (κ3) is 3.15. The fraction of sp³-hybridized carbons (Fsp3) is 0.500. The lowest BCUT2D eigenvalue weighted by molar-refractivity contribution is -0.137. The average Bonchev–Trinajstić information content (AvgIpc) is 3.07. The number of hydrogen-bond acceptors (Lipinski definition) is 2. The van der Waals surface area contributed by atoms with Crippen LogP contribution < -0.4 is 5.32 Å². The lowest BCUT2D eigenvalue weighted by Gasteiger charge is -2.18. The number of benzene rings is 1. The lowest BCUT2D eigenvalue weighted by atomic mass is 10.1. The first-order valence-electron chi connectivity index (χ1n) is 5.52. The van der Waals surface area contributed by atoms with Crippen LogP contribution in [0.1, 0.15) is 18.4 Å². The summed E-state index contributed by atoms with van der Waals surface area (Å²) < 4.78 is 39.2. The van der Waals surface area contributed by atoms with E-state index >= 15 is 0 Å². The molecule has 0 amide bonds. The highest BCUT2D eigenvalue weighted by atomic mass is 79.9. The molecule has 0 atom stereocenters. The average molecular weight is 340 g/mol. The van der Waals surface area contributed by atoms with Gasteiger partial charge < -0.3 is 5.32 Å². The van der Waals surface area contributed by atoms with Gasteiger partial charge in [-0.2, -0.15) is 24.9 Å². The van der Waals surface area contributed by atoms with Gasteiger partial charge in [-0.05, 0) is 37.3 Å². The number of thioether (sulfide) groups is 1. The molecule has 1 aromatic carbocycles. The van der Waals surface area contributed by atoms with E-state index in [9.17, 15) is 13.2 Å². The minimum absolute atomic E-state index is 0.135. The highest BCUT2D eigenvalue weighted by Gasteiger charge is 2.42. The molecule has 1 N–H and O–H groups in total. The molecule has 6 heteroatoms. The molecule has 1 aromatic rings. The lowest BCUT2D eigenvalue weighted by Crippen LogP contribution is -2.19. The van der Waals surface area contributed by atoms with Crippen molar-refractivity contribution in [3.05, 3.63) is 28.2 Å². The standard InChI is InChI=1S/C12H13BrF3NS/c1-18-11(4-5-11)7-17-10-3-2-8(13)6-9(10)12(14,15)16/h2-3,6,17H,4-5,7H2,1H3. The number of rotatable bonds is 4.